The molecule has 0 unspecified atom stereocenters. The van der Waals surface area contributed by atoms with Crippen LogP contribution in [0, 0.1) is 5.92 Å². The lowest BCUT2D eigenvalue weighted by Crippen LogP contribution is -2.36. The van der Waals surface area contributed by atoms with Crippen LogP contribution in [0.2, 0.25) is 0 Å². The molecule has 0 bridgehead atoms. The third-order valence-corrected chi connectivity index (χ3v) is 6.36. The molecule has 4 heterocycles. The number of carbonyl (C=O) groups is 1. The van der Waals surface area contributed by atoms with E-state index in [1.807, 2.05) is 6.07 Å². The summed E-state index contributed by atoms with van der Waals surface area (Å²) < 4.78 is 5.46. The van der Waals surface area contributed by atoms with Crippen LogP contribution in [-0.4, -0.2) is 60.3 Å². The molecule has 2 aliphatic heterocycles. The first-order chi connectivity index (χ1) is 15.7. The van der Waals surface area contributed by atoms with Crippen LogP contribution < -0.4 is 15.5 Å². The number of ether oxygens (including phenoxy) is 1. The normalized spacial score (nSPS) is 18.9. The molecule has 2 saturated heterocycles. The van der Waals surface area contributed by atoms with Crippen LogP contribution in [-0.2, 0) is 9.53 Å². The molecule has 2 fully saturated rings. The number of nitrogens with zero attached hydrogens (tertiary/aromatic N) is 5. The topological polar surface area (TPSA) is 97.5 Å². The zero-order valence-electron chi connectivity index (χ0n) is 18.1. The maximum absolute atomic E-state index is 11.2. The predicted molar refractivity (Wildman–Crippen MR) is 125 cm³/mol. The van der Waals surface area contributed by atoms with Crippen molar-refractivity contribution in [3.05, 3.63) is 42.7 Å². The molecule has 0 radical (unpaired) electrons. The number of aromatic nitrogens is 3. The summed E-state index contributed by atoms with van der Waals surface area (Å²) >= 11 is 0. The van der Waals surface area contributed by atoms with Gasteiger partial charge in [0.2, 0.25) is 5.91 Å². The molecule has 8 heteroatoms. The zero-order valence-corrected chi connectivity index (χ0v) is 18.1. The van der Waals surface area contributed by atoms with E-state index in [0.29, 0.717) is 12.3 Å². The van der Waals surface area contributed by atoms with E-state index in [1.54, 1.807) is 12.4 Å². The summed E-state index contributed by atoms with van der Waals surface area (Å²) in [6, 6.07) is 10.6. The molecule has 1 amide bonds. The molecule has 3 aromatic rings. The summed E-state index contributed by atoms with van der Waals surface area (Å²) in [5, 5.41) is 0. The third kappa shape index (κ3) is 4.36. The van der Waals surface area contributed by atoms with Crippen LogP contribution in [0.15, 0.2) is 42.7 Å². The van der Waals surface area contributed by atoms with Crippen molar-refractivity contribution in [2.24, 2.45) is 11.7 Å². The fraction of sp³-hybridized carbons (Fsp3) is 0.417. The first-order valence-corrected chi connectivity index (χ1v) is 11.3. The average molecular weight is 433 g/mol. The van der Waals surface area contributed by atoms with Crippen molar-refractivity contribution in [2.75, 3.05) is 49.2 Å². The molecule has 1 atom stereocenters. The van der Waals surface area contributed by atoms with Crippen molar-refractivity contribution in [3.8, 4) is 11.3 Å². The standard InChI is InChI=1S/C24H28N6O2/c25-22(31)6-1-17-7-10-30(16-17)24-23-21(26-8-9-27-23)15-20(28-24)18-2-4-19(5-3-18)29-11-13-32-14-12-29/h2-5,8-9,15,17H,1,6-7,10-14,16H2,(H2,25,31)/t17-/m1/s1. The molecule has 2 aliphatic rings. The van der Waals surface area contributed by atoms with Crippen molar-refractivity contribution in [2.45, 2.75) is 19.3 Å². The highest BCUT2D eigenvalue weighted by Crippen LogP contribution is 2.32. The Hall–Kier alpha value is -3.26. The van der Waals surface area contributed by atoms with Gasteiger partial charge in [0, 0.05) is 56.2 Å². The highest BCUT2D eigenvalue weighted by atomic mass is 16.5. The molecule has 1 aromatic carbocycles. The van der Waals surface area contributed by atoms with Crippen LogP contribution in [0.5, 0.6) is 0 Å². The molecule has 2 N–H and O–H groups in total. The molecule has 32 heavy (non-hydrogen) atoms. The van der Waals surface area contributed by atoms with E-state index in [1.165, 1.54) is 5.69 Å². The van der Waals surface area contributed by atoms with Crippen LogP contribution in [0.25, 0.3) is 22.3 Å². The Bertz CT molecular complexity index is 1100. The smallest absolute Gasteiger partial charge is 0.217 e. The first-order valence-electron chi connectivity index (χ1n) is 11.3. The van der Waals surface area contributed by atoms with Crippen molar-refractivity contribution in [3.63, 3.8) is 0 Å². The third-order valence-electron chi connectivity index (χ3n) is 6.36. The van der Waals surface area contributed by atoms with Crippen LogP contribution in [0.1, 0.15) is 19.3 Å². The molecule has 8 nitrogen and oxygen atoms in total. The van der Waals surface area contributed by atoms with E-state index in [2.05, 4.69) is 44.0 Å². The fourth-order valence-electron chi connectivity index (χ4n) is 4.60. The Labute approximate surface area is 187 Å². The first kappa shape index (κ1) is 20.6. The van der Waals surface area contributed by atoms with Gasteiger partial charge in [0.1, 0.15) is 5.52 Å². The molecule has 166 valence electrons. The number of hydrogen-bond acceptors (Lipinski definition) is 7. The van der Waals surface area contributed by atoms with Gasteiger partial charge in [-0.3, -0.25) is 9.78 Å². The van der Waals surface area contributed by atoms with Gasteiger partial charge in [-0.2, -0.15) is 0 Å². The molecule has 5 rings (SSSR count). The summed E-state index contributed by atoms with van der Waals surface area (Å²) in [7, 11) is 0. The number of pyridine rings is 1. The Morgan fingerprint density at radius 1 is 1.06 bits per heavy atom. The summed E-state index contributed by atoms with van der Waals surface area (Å²) in [5.41, 5.74) is 10.1. The zero-order chi connectivity index (χ0) is 21.9. The monoisotopic (exact) mass is 432 g/mol. The Morgan fingerprint density at radius 3 is 2.62 bits per heavy atom. The number of carbonyl (C=O) groups excluding carboxylic acids is 1. The number of nitrogens with two attached hydrogens (primary N) is 1. The minimum Gasteiger partial charge on any atom is -0.378 e. The second kappa shape index (κ2) is 9.08. The minimum absolute atomic E-state index is 0.236. The fourth-order valence-corrected chi connectivity index (χ4v) is 4.60. The predicted octanol–water partition coefficient (Wildman–Crippen LogP) is 2.62. The lowest BCUT2D eigenvalue weighted by Gasteiger charge is -2.29. The van der Waals surface area contributed by atoms with E-state index in [4.69, 9.17) is 15.5 Å². The number of rotatable bonds is 6. The van der Waals surface area contributed by atoms with Crippen LogP contribution in [0.3, 0.4) is 0 Å². The Balaban J connectivity index is 1.43. The van der Waals surface area contributed by atoms with E-state index in [0.717, 1.165) is 80.3 Å². The van der Waals surface area contributed by atoms with E-state index >= 15 is 0 Å². The average Bonchev–Trinajstić information content (AvgIpc) is 3.32. The van der Waals surface area contributed by atoms with Crippen LogP contribution in [0.4, 0.5) is 11.5 Å². The van der Waals surface area contributed by atoms with Crippen molar-refractivity contribution in [1.29, 1.82) is 0 Å². The lowest BCUT2D eigenvalue weighted by molar-refractivity contribution is -0.118. The molecular weight excluding hydrogens is 404 g/mol. The number of primary amides is 1. The second-order valence-corrected chi connectivity index (χ2v) is 8.51. The number of benzene rings is 1. The van der Waals surface area contributed by atoms with Crippen molar-refractivity contribution in [1.82, 2.24) is 15.0 Å². The number of anilines is 2. The highest BCUT2D eigenvalue weighted by molar-refractivity contribution is 5.89. The maximum Gasteiger partial charge on any atom is 0.217 e. The van der Waals surface area contributed by atoms with E-state index in [9.17, 15) is 4.79 Å². The second-order valence-electron chi connectivity index (χ2n) is 8.51. The molecule has 0 spiro atoms. The molecular formula is C24H28N6O2. The number of morpholine rings is 1. The Kier molecular flexibility index (Phi) is 5.85. The Morgan fingerprint density at radius 2 is 1.84 bits per heavy atom. The molecule has 0 saturated carbocycles. The van der Waals surface area contributed by atoms with Gasteiger partial charge in [-0.15, -0.1) is 0 Å². The maximum atomic E-state index is 11.2. The van der Waals surface area contributed by atoms with Gasteiger partial charge in [0.05, 0.1) is 24.4 Å². The highest BCUT2D eigenvalue weighted by Gasteiger charge is 2.26. The van der Waals surface area contributed by atoms with Gasteiger partial charge in [-0.25, -0.2) is 9.97 Å². The summed E-state index contributed by atoms with van der Waals surface area (Å²) in [6.45, 7) is 5.11. The minimum atomic E-state index is -0.236. The summed E-state index contributed by atoms with van der Waals surface area (Å²) in [5.74, 6) is 1.07. The van der Waals surface area contributed by atoms with Gasteiger partial charge < -0.3 is 20.3 Å². The van der Waals surface area contributed by atoms with Gasteiger partial charge >= 0.3 is 0 Å². The number of amides is 1. The SMILES string of the molecule is NC(=O)CC[C@@H]1CCN(c2nc(-c3ccc(N4CCOCC4)cc3)cc3nccnc23)C1. The van der Waals surface area contributed by atoms with Gasteiger partial charge in [-0.1, -0.05) is 12.1 Å². The molecule has 2 aromatic heterocycles. The van der Waals surface area contributed by atoms with Crippen molar-refractivity contribution >= 4 is 28.4 Å². The quantitative estimate of drug-likeness (QED) is 0.639. The van der Waals surface area contributed by atoms with E-state index < -0.39 is 0 Å². The van der Waals surface area contributed by atoms with E-state index in [-0.39, 0.29) is 5.91 Å². The lowest BCUT2D eigenvalue weighted by atomic mass is 10.0. The summed E-state index contributed by atoms with van der Waals surface area (Å²) in [6.07, 6.45) is 5.71. The number of hydrogen-bond donors (Lipinski definition) is 1. The summed E-state index contributed by atoms with van der Waals surface area (Å²) in [4.78, 5) is 29.9. The van der Waals surface area contributed by atoms with Crippen molar-refractivity contribution < 1.29 is 9.53 Å². The largest absolute Gasteiger partial charge is 0.378 e. The van der Waals surface area contributed by atoms with Gasteiger partial charge in [-0.05, 0) is 37.0 Å². The van der Waals surface area contributed by atoms with Gasteiger partial charge in [0.15, 0.2) is 5.82 Å². The van der Waals surface area contributed by atoms with Crippen LogP contribution >= 0.6 is 0 Å². The van der Waals surface area contributed by atoms with Gasteiger partial charge in [0.25, 0.3) is 0 Å². The number of fused-ring (bicyclic) bond motifs is 1. The molecule has 0 aliphatic carbocycles.